The van der Waals surface area contributed by atoms with Gasteiger partial charge in [0.1, 0.15) is 5.69 Å². The van der Waals surface area contributed by atoms with Crippen molar-refractivity contribution in [3.05, 3.63) is 95.3 Å². The van der Waals surface area contributed by atoms with E-state index in [2.05, 4.69) is 52.8 Å². The minimum atomic E-state index is -0.00351. The average Bonchev–Trinajstić information content (AvgIpc) is 2.74. The van der Waals surface area contributed by atoms with E-state index in [4.69, 9.17) is 0 Å². The summed E-state index contributed by atoms with van der Waals surface area (Å²) in [4.78, 5) is 19.1. The lowest BCUT2D eigenvalue weighted by atomic mass is 10.00. The molecule has 0 unspecified atom stereocenters. The lowest BCUT2D eigenvalue weighted by Gasteiger charge is -2.28. The Kier molecular flexibility index (Phi) is 5.15. The van der Waals surface area contributed by atoms with Gasteiger partial charge in [-0.2, -0.15) is 0 Å². The predicted molar refractivity (Wildman–Crippen MR) is 108 cm³/mol. The minimum absolute atomic E-state index is 0.00351. The third-order valence-corrected chi connectivity index (χ3v) is 4.98. The Morgan fingerprint density at radius 2 is 1.78 bits per heavy atom. The maximum Gasteiger partial charge on any atom is 0.272 e. The summed E-state index contributed by atoms with van der Waals surface area (Å²) in [7, 11) is 0. The van der Waals surface area contributed by atoms with Gasteiger partial charge in [-0.05, 0) is 41.7 Å². The Balaban J connectivity index is 1.39. The van der Waals surface area contributed by atoms with Crippen LogP contribution in [0, 0.1) is 0 Å². The molecule has 1 aliphatic rings. The number of nitrogens with one attached hydrogen (secondary N) is 1. The molecule has 1 aliphatic heterocycles. The Bertz CT molecular complexity index is 924. The van der Waals surface area contributed by atoms with Crippen LogP contribution in [0.2, 0.25) is 0 Å². The van der Waals surface area contributed by atoms with Crippen molar-refractivity contribution in [3.8, 4) is 0 Å². The molecule has 4 rings (SSSR count). The molecule has 3 aromatic rings. The van der Waals surface area contributed by atoms with Crippen molar-refractivity contribution in [2.24, 2.45) is 0 Å². The van der Waals surface area contributed by atoms with Crippen LogP contribution in [-0.4, -0.2) is 28.9 Å². The molecule has 27 heavy (non-hydrogen) atoms. The fourth-order valence-electron chi connectivity index (χ4n) is 3.48. The van der Waals surface area contributed by atoms with Gasteiger partial charge in [0, 0.05) is 31.5 Å². The first-order valence-electron chi connectivity index (χ1n) is 9.39. The molecule has 0 fully saturated rings. The molecule has 0 saturated heterocycles. The molecule has 1 amide bonds. The highest BCUT2D eigenvalue weighted by molar-refractivity contribution is 5.93. The van der Waals surface area contributed by atoms with Crippen LogP contribution in [0.15, 0.2) is 72.9 Å². The van der Waals surface area contributed by atoms with Gasteiger partial charge in [-0.3, -0.25) is 9.78 Å². The molecule has 0 spiro atoms. The number of nitrogens with zero attached hydrogens (tertiary/aromatic N) is 2. The van der Waals surface area contributed by atoms with Crippen molar-refractivity contribution in [1.82, 2.24) is 9.88 Å². The first kappa shape index (κ1) is 17.3. The molecule has 0 atom stereocenters. The Morgan fingerprint density at radius 3 is 2.63 bits per heavy atom. The van der Waals surface area contributed by atoms with E-state index >= 15 is 0 Å². The van der Waals surface area contributed by atoms with Crippen molar-refractivity contribution in [2.75, 3.05) is 18.4 Å². The standard InChI is InChI=1S/C23H23N3O/c27-23(26-15-12-19-8-4-5-9-20(19)17-26)22-16-21(11-14-25-22)24-13-10-18-6-2-1-3-7-18/h1-9,11,14,16H,10,12-13,15,17H2,(H,24,25). The van der Waals surface area contributed by atoms with Crippen LogP contribution in [0.3, 0.4) is 0 Å². The normalized spacial score (nSPS) is 13.1. The third-order valence-electron chi connectivity index (χ3n) is 4.98. The third kappa shape index (κ3) is 4.17. The molecule has 4 heteroatoms. The van der Waals surface area contributed by atoms with E-state index in [1.165, 1.54) is 16.7 Å². The molecule has 4 nitrogen and oxygen atoms in total. The van der Waals surface area contributed by atoms with E-state index in [1.54, 1.807) is 6.20 Å². The summed E-state index contributed by atoms with van der Waals surface area (Å²) < 4.78 is 0. The van der Waals surface area contributed by atoms with Crippen LogP contribution in [0.25, 0.3) is 0 Å². The number of amides is 1. The largest absolute Gasteiger partial charge is 0.385 e. The van der Waals surface area contributed by atoms with Crippen molar-refractivity contribution in [2.45, 2.75) is 19.4 Å². The number of hydrogen-bond donors (Lipinski definition) is 1. The van der Waals surface area contributed by atoms with Crippen molar-refractivity contribution < 1.29 is 4.79 Å². The number of carbonyl (C=O) groups excluding carboxylic acids is 1. The topological polar surface area (TPSA) is 45.2 Å². The van der Waals surface area contributed by atoms with Crippen molar-refractivity contribution in [3.63, 3.8) is 0 Å². The number of benzene rings is 2. The minimum Gasteiger partial charge on any atom is -0.385 e. The van der Waals surface area contributed by atoms with Gasteiger partial charge >= 0.3 is 0 Å². The number of pyridine rings is 1. The van der Waals surface area contributed by atoms with E-state index in [0.717, 1.165) is 31.6 Å². The highest BCUT2D eigenvalue weighted by Gasteiger charge is 2.22. The number of fused-ring (bicyclic) bond motifs is 1. The van der Waals surface area contributed by atoms with Gasteiger partial charge in [0.05, 0.1) is 0 Å². The average molecular weight is 357 g/mol. The van der Waals surface area contributed by atoms with Gasteiger partial charge in [-0.1, -0.05) is 54.6 Å². The molecule has 0 bridgehead atoms. The zero-order chi connectivity index (χ0) is 18.5. The molecule has 136 valence electrons. The van der Waals surface area contributed by atoms with Gasteiger partial charge < -0.3 is 10.2 Å². The Hall–Kier alpha value is -3.14. The molecule has 1 N–H and O–H groups in total. The number of hydrogen-bond acceptors (Lipinski definition) is 3. The summed E-state index contributed by atoms with van der Waals surface area (Å²) in [5.41, 5.74) is 5.29. The smallest absolute Gasteiger partial charge is 0.272 e. The van der Waals surface area contributed by atoms with Gasteiger partial charge in [0.15, 0.2) is 0 Å². The fraction of sp³-hybridized carbons (Fsp3) is 0.217. The lowest BCUT2D eigenvalue weighted by Crippen LogP contribution is -2.36. The summed E-state index contributed by atoms with van der Waals surface area (Å²) in [5, 5.41) is 3.40. The van der Waals surface area contributed by atoms with E-state index in [9.17, 15) is 4.79 Å². The van der Waals surface area contributed by atoms with Crippen molar-refractivity contribution in [1.29, 1.82) is 0 Å². The van der Waals surface area contributed by atoms with Crippen LogP contribution >= 0.6 is 0 Å². The second-order valence-electron chi connectivity index (χ2n) is 6.84. The number of rotatable bonds is 5. The second kappa shape index (κ2) is 8.04. The molecule has 1 aromatic heterocycles. The van der Waals surface area contributed by atoms with E-state index < -0.39 is 0 Å². The molecule has 0 aliphatic carbocycles. The Morgan fingerprint density at radius 1 is 1.00 bits per heavy atom. The summed E-state index contributed by atoms with van der Waals surface area (Å²) in [6, 6.07) is 22.5. The van der Waals surface area contributed by atoms with Gasteiger partial charge in [-0.15, -0.1) is 0 Å². The number of carbonyl (C=O) groups is 1. The highest BCUT2D eigenvalue weighted by Crippen LogP contribution is 2.20. The lowest BCUT2D eigenvalue weighted by molar-refractivity contribution is 0.0729. The van der Waals surface area contributed by atoms with E-state index in [-0.39, 0.29) is 5.91 Å². The zero-order valence-corrected chi connectivity index (χ0v) is 15.3. The summed E-state index contributed by atoms with van der Waals surface area (Å²) >= 11 is 0. The van der Waals surface area contributed by atoms with Crippen LogP contribution in [-0.2, 0) is 19.4 Å². The van der Waals surface area contributed by atoms with Crippen LogP contribution in [0.1, 0.15) is 27.2 Å². The Labute approximate surface area is 159 Å². The highest BCUT2D eigenvalue weighted by atomic mass is 16.2. The molecular formula is C23H23N3O. The quantitative estimate of drug-likeness (QED) is 0.752. The molecular weight excluding hydrogens is 334 g/mol. The van der Waals surface area contributed by atoms with Gasteiger partial charge in [-0.25, -0.2) is 0 Å². The predicted octanol–water partition coefficient (Wildman–Crippen LogP) is 3.93. The SMILES string of the molecule is O=C(c1cc(NCCc2ccccc2)ccn1)N1CCc2ccccc2C1. The number of anilines is 1. The fourth-order valence-corrected chi connectivity index (χ4v) is 3.48. The summed E-state index contributed by atoms with van der Waals surface area (Å²) in [6.45, 7) is 2.21. The van der Waals surface area contributed by atoms with Gasteiger partial charge in [0.25, 0.3) is 5.91 Å². The summed E-state index contributed by atoms with van der Waals surface area (Å²) in [6.07, 6.45) is 3.54. The molecule has 2 aromatic carbocycles. The monoisotopic (exact) mass is 357 g/mol. The van der Waals surface area contributed by atoms with E-state index in [1.807, 2.05) is 29.2 Å². The van der Waals surface area contributed by atoms with Crippen molar-refractivity contribution >= 4 is 11.6 Å². The molecule has 0 saturated carbocycles. The van der Waals surface area contributed by atoms with Crippen LogP contribution < -0.4 is 5.32 Å². The van der Waals surface area contributed by atoms with E-state index in [0.29, 0.717) is 12.2 Å². The summed E-state index contributed by atoms with van der Waals surface area (Å²) in [5.74, 6) is -0.00351. The van der Waals surface area contributed by atoms with Crippen LogP contribution in [0.5, 0.6) is 0 Å². The van der Waals surface area contributed by atoms with Gasteiger partial charge in [0.2, 0.25) is 0 Å². The molecule has 2 heterocycles. The maximum atomic E-state index is 12.9. The molecule has 0 radical (unpaired) electrons. The van der Waals surface area contributed by atoms with Crippen LogP contribution in [0.4, 0.5) is 5.69 Å². The number of aromatic nitrogens is 1. The first-order chi connectivity index (χ1) is 13.3. The maximum absolute atomic E-state index is 12.9. The second-order valence-corrected chi connectivity index (χ2v) is 6.84. The zero-order valence-electron chi connectivity index (χ0n) is 15.3. The first-order valence-corrected chi connectivity index (χ1v) is 9.39.